The molecular weight excluding hydrogens is 426 g/mol. The molecule has 1 unspecified atom stereocenters. The minimum Gasteiger partial charge on any atom is -0.483 e. The molecule has 4 rings (SSSR count). The third kappa shape index (κ3) is 6.86. The predicted molar refractivity (Wildman–Crippen MR) is 120 cm³/mol. The molecule has 2 heterocycles. The Hall–Kier alpha value is -3.76. The van der Waals surface area contributed by atoms with Gasteiger partial charge >= 0.3 is 0 Å². The third-order valence-corrected chi connectivity index (χ3v) is 5.77. The molecule has 0 radical (unpaired) electrons. The first-order valence-electron chi connectivity index (χ1n) is 10.9. The minimum absolute atomic E-state index is 0.00149. The number of hydrogen-bond acceptors (Lipinski definition) is 6. The number of amides is 2. The zero-order valence-electron chi connectivity index (χ0n) is 18.5. The van der Waals surface area contributed by atoms with E-state index in [2.05, 4.69) is 30.7 Å². The maximum atomic E-state index is 12.6. The number of H-pyrrole nitrogens is 1. The molecule has 0 spiro atoms. The fourth-order valence-electron chi connectivity index (χ4n) is 3.96. The van der Waals surface area contributed by atoms with Gasteiger partial charge in [0.15, 0.2) is 0 Å². The predicted octanol–water partition coefficient (Wildman–Crippen LogP) is 1.48. The summed E-state index contributed by atoms with van der Waals surface area (Å²) in [6, 6.07) is 6.07. The highest BCUT2D eigenvalue weighted by atomic mass is 16.3. The number of nitrogens with one attached hydrogen (secondary N) is 3. The standard InChI is InChI=1S/C21H27N7O2.CH2O2/c1-14(10-28-13-22-11-26-28)20(29)27-17-5-3-16(4-6-17)21(30)23-9-15-2-7-18-19(8-15)25-12-24-18;2-1-3/h2,7-8,11-14,16-17H,3-6,9-10H2,1H3,(H,23,30)(H,24,25)(H,27,29);1H,(H,2,3). The van der Waals surface area contributed by atoms with Crippen LogP contribution in [0.1, 0.15) is 38.2 Å². The van der Waals surface area contributed by atoms with Crippen molar-refractivity contribution in [3.63, 3.8) is 0 Å². The van der Waals surface area contributed by atoms with Crippen LogP contribution in [-0.2, 0) is 27.5 Å². The second-order valence-corrected chi connectivity index (χ2v) is 8.15. The molecule has 0 aliphatic heterocycles. The summed E-state index contributed by atoms with van der Waals surface area (Å²) in [6.07, 6.45) is 7.95. The lowest BCUT2D eigenvalue weighted by Crippen LogP contribution is -2.43. The van der Waals surface area contributed by atoms with E-state index in [9.17, 15) is 9.59 Å². The van der Waals surface area contributed by atoms with Gasteiger partial charge in [0, 0.05) is 18.5 Å². The van der Waals surface area contributed by atoms with Gasteiger partial charge in [0.2, 0.25) is 11.8 Å². The van der Waals surface area contributed by atoms with Crippen LogP contribution in [0.25, 0.3) is 11.0 Å². The molecule has 1 aromatic carbocycles. The Bertz CT molecular complexity index is 1040. The van der Waals surface area contributed by atoms with Crippen molar-refractivity contribution in [2.45, 2.75) is 51.7 Å². The smallest absolute Gasteiger partial charge is 0.290 e. The van der Waals surface area contributed by atoms with Gasteiger partial charge in [-0.1, -0.05) is 13.0 Å². The van der Waals surface area contributed by atoms with Gasteiger partial charge in [-0.15, -0.1) is 0 Å². The molecule has 2 aromatic heterocycles. The lowest BCUT2D eigenvalue weighted by atomic mass is 9.85. The molecule has 1 saturated carbocycles. The molecule has 33 heavy (non-hydrogen) atoms. The number of aromatic amines is 1. The van der Waals surface area contributed by atoms with Crippen LogP contribution in [0.3, 0.4) is 0 Å². The summed E-state index contributed by atoms with van der Waals surface area (Å²) in [5, 5.41) is 17.1. The molecule has 2 amide bonds. The maximum Gasteiger partial charge on any atom is 0.290 e. The summed E-state index contributed by atoms with van der Waals surface area (Å²) < 4.78 is 1.66. The largest absolute Gasteiger partial charge is 0.483 e. The molecule has 1 aliphatic carbocycles. The van der Waals surface area contributed by atoms with Crippen LogP contribution < -0.4 is 10.6 Å². The zero-order valence-corrected chi connectivity index (χ0v) is 18.5. The molecular formula is C22H29N7O4. The number of imidazole rings is 1. The Kier molecular flexibility index (Phi) is 8.50. The number of benzene rings is 1. The van der Waals surface area contributed by atoms with E-state index in [4.69, 9.17) is 9.90 Å². The number of rotatable bonds is 7. The first-order chi connectivity index (χ1) is 16.0. The van der Waals surface area contributed by atoms with Gasteiger partial charge in [-0.25, -0.2) is 9.97 Å². The van der Waals surface area contributed by atoms with Crippen LogP contribution in [0.5, 0.6) is 0 Å². The number of carbonyl (C=O) groups is 3. The van der Waals surface area contributed by atoms with Crippen LogP contribution in [-0.4, -0.2) is 54.2 Å². The molecule has 1 fully saturated rings. The van der Waals surface area contributed by atoms with E-state index >= 15 is 0 Å². The van der Waals surface area contributed by atoms with Crippen molar-refractivity contribution < 1.29 is 19.5 Å². The fraction of sp³-hybridized carbons (Fsp3) is 0.455. The van der Waals surface area contributed by atoms with Crippen molar-refractivity contribution in [2.75, 3.05) is 0 Å². The highest BCUT2D eigenvalue weighted by Crippen LogP contribution is 2.25. The van der Waals surface area contributed by atoms with E-state index in [1.165, 1.54) is 6.33 Å². The van der Waals surface area contributed by atoms with E-state index in [1.54, 1.807) is 17.3 Å². The van der Waals surface area contributed by atoms with Crippen molar-refractivity contribution in [3.05, 3.63) is 42.7 Å². The van der Waals surface area contributed by atoms with Gasteiger partial charge < -0.3 is 20.7 Å². The molecule has 11 heteroatoms. The highest BCUT2D eigenvalue weighted by Gasteiger charge is 2.28. The lowest BCUT2D eigenvalue weighted by molar-refractivity contribution is -0.127. The summed E-state index contributed by atoms with van der Waals surface area (Å²) in [6.45, 7) is 2.65. The van der Waals surface area contributed by atoms with E-state index in [-0.39, 0.29) is 36.2 Å². The molecule has 4 N–H and O–H groups in total. The second-order valence-electron chi connectivity index (χ2n) is 8.15. The van der Waals surface area contributed by atoms with E-state index in [0.717, 1.165) is 42.3 Å². The normalized spacial score (nSPS) is 18.6. The average molecular weight is 456 g/mol. The highest BCUT2D eigenvalue weighted by molar-refractivity contribution is 5.80. The van der Waals surface area contributed by atoms with Crippen molar-refractivity contribution in [1.82, 2.24) is 35.4 Å². The Labute approximate surface area is 191 Å². The number of carboxylic acid groups (broad SMARTS) is 1. The molecule has 11 nitrogen and oxygen atoms in total. The van der Waals surface area contributed by atoms with Gasteiger partial charge in [-0.2, -0.15) is 5.10 Å². The summed E-state index contributed by atoms with van der Waals surface area (Å²) in [5.74, 6) is -0.0711. The van der Waals surface area contributed by atoms with E-state index in [1.807, 2.05) is 25.1 Å². The number of hydrogen-bond donors (Lipinski definition) is 4. The Morgan fingerprint density at radius 1 is 1.30 bits per heavy atom. The number of carbonyl (C=O) groups excluding carboxylic acids is 2. The Morgan fingerprint density at radius 3 is 2.76 bits per heavy atom. The van der Waals surface area contributed by atoms with Crippen LogP contribution in [0, 0.1) is 11.8 Å². The number of fused-ring (bicyclic) bond motifs is 1. The quantitative estimate of drug-likeness (QED) is 0.393. The topological polar surface area (TPSA) is 155 Å². The molecule has 176 valence electrons. The fourth-order valence-corrected chi connectivity index (χ4v) is 3.96. The molecule has 1 aliphatic rings. The van der Waals surface area contributed by atoms with Crippen molar-refractivity contribution in [3.8, 4) is 0 Å². The SMILES string of the molecule is CC(Cn1cncn1)C(=O)NC1CCC(C(=O)NCc2ccc3nc[nH]c3c2)CC1.O=CO. The Morgan fingerprint density at radius 2 is 2.06 bits per heavy atom. The van der Waals surface area contributed by atoms with Crippen molar-refractivity contribution >= 4 is 29.3 Å². The summed E-state index contributed by atoms with van der Waals surface area (Å²) >= 11 is 0. The van der Waals surface area contributed by atoms with Gasteiger partial charge in [-0.05, 0) is 43.4 Å². The van der Waals surface area contributed by atoms with Gasteiger partial charge in [0.25, 0.3) is 6.47 Å². The lowest BCUT2D eigenvalue weighted by Gasteiger charge is -2.29. The Balaban J connectivity index is 0.000000968. The summed E-state index contributed by atoms with van der Waals surface area (Å²) in [4.78, 5) is 44.5. The van der Waals surface area contributed by atoms with E-state index < -0.39 is 0 Å². The van der Waals surface area contributed by atoms with Gasteiger partial charge in [0.05, 0.1) is 29.8 Å². The zero-order chi connectivity index (χ0) is 23.6. The van der Waals surface area contributed by atoms with E-state index in [0.29, 0.717) is 13.1 Å². The van der Waals surface area contributed by atoms with Gasteiger partial charge in [0.1, 0.15) is 12.7 Å². The molecule has 0 saturated heterocycles. The van der Waals surface area contributed by atoms with Crippen LogP contribution in [0.2, 0.25) is 0 Å². The first kappa shape index (κ1) is 23.9. The second kappa shape index (κ2) is 11.7. The monoisotopic (exact) mass is 455 g/mol. The maximum absolute atomic E-state index is 12.6. The van der Waals surface area contributed by atoms with Crippen molar-refractivity contribution in [2.24, 2.45) is 11.8 Å². The van der Waals surface area contributed by atoms with Crippen LogP contribution in [0.15, 0.2) is 37.2 Å². The minimum atomic E-state index is -0.250. The summed E-state index contributed by atoms with van der Waals surface area (Å²) in [5.41, 5.74) is 2.93. The van der Waals surface area contributed by atoms with Crippen LogP contribution >= 0.6 is 0 Å². The number of nitrogens with zero attached hydrogens (tertiary/aromatic N) is 4. The first-order valence-corrected chi connectivity index (χ1v) is 10.9. The molecule has 0 bridgehead atoms. The van der Waals surface area contributed by atoms with Crippen molar-refractivity contribution in [1.29, 1.82) is 0 Å². The average Bonchev–Trinajstić information content (AvgIpc) is 3.50. The third-order valence-electron chi connectivity index (χ3n) is 5.77. The molecule has 1 atom stereocenters. The summed E-state index contributed by atoms with van der Waals surface area (Å²) in [7, 11) is 0. The van der Waals surface area contributed by atoms with Gasteiger partial charge in [-0.3, -0.25) is 19.1 Å². The molecule has 3 aromatic rings. The number of aromatic nitrogens is 5. The van der Waals surface area contributed by atoms with Crippen LogP contribution in [0.4, 0.5) is 0 Å².